The Balaban J connectivity index is 1.80. The fourth-order valence-electron chi connectivity index (χ4n) is 2.68. The van der Waals surface area contributed by atoms with Gasteiger partial charge in [-0.05, 0) is 36.3 Å². The zero-order valence-corrected chi connectivity index (χ0v) is 12.2. The lowest BCUT2D eigenvalue weighted by Gasteiger charge is -2.30. The van der Waals surface area contributed by atoms with Gasteiger partial charge in [0.15, 0.2) is 0 Å². The van der Waals surface area contributed by atoms with E-state index in [0.29, 0.717) is 16.5 Å². The minimum Gasteiger partial charge on any atom is -0.364 e. The Kier molecular flexibility index (Phi) is 3.74. The number of hydrogen-bond donors (Lipinski definition) is 3. The maximum Gasteiger partial charge on any atom is 0.268 e. The quantitative estimate of drug-likeness (QED) is 0.764. The van der Waals surface area contributed by atoms with Gasteiger partial charge in [0.2, 0.25) is 5.96 Å². The first kappa shape index (κ1) is 13.8. The number of rotatable bonds is 2. The van der Waals surface area contributed by atoms with Crippen LogP contribution in [-0.4, -0.2) is 23.8 Å². The summed E-state index contributed by atoms with van der Waals surface area (Å²) in [6, 6.07) is 3.49. The molecule has 0 saturated heterocycles. The first-order valence-electron chi connectivity index (χ1n) is 6.87. The first-order chi connectivity index (χ1) is 10.1. The number of nitrogens with one attached hydrogen (secondary N) is 2. The molecule has 7 heteroatoms. The molecule has 1 aliphatic heterocycles. The van der Waals surface area contributed by atoms with Crippen molar-refractivity contribution in [2.75, 3.05) is 0 Å². The van der Waals surface area contributed by atoms with E-state index in [9.17, 15) is 9.59 Å². The van der Waals surface area contributed by atoms with Crippen molar-refractivity contribution < 1.29 is 9.59 Å². The molecule has 1 atom stereocenters. The Morgan fingerprint density at radius 1 is 1.43 bits per heavy atom. The zero-order valence-electron chi connectivity index (χ0n) is 11.4. The molecule has 0 bridgehead atoms. The summed E-state index contributed by atoms with van der Waals surface area (Å²) in [4.78, 5) is 28.8. The van der Waals surface area contributed by atoms with Crippen molar-refractivity contribution in [3.05, 3.63) is 33.7 Å². The number of hydrogen-bond acceptors (Lipinski definition) is 5. The minimum atomic E-state index is -0.505. The number of carbonyl (C=O) groups is 2. The normalized spacial score (nSPS) is 21.1. The van der Waals surface area contributed by atoms with Crippen LogP contribution in [0.4, 0.5) is 0 Å². The molecule has 1 aliphatic carbocycles. The fraction of sp³-hybridized carbons (Fsp3) is 0.357. The molecule has 0 radical (unpaired) electrons. The van der Waals surface area contributed by atoms with Gasteiger partial charge in [-0.1, -0.05) is 12.5 Å². The van der Waals surface area contributed by atoms with Gasteiger partial charge in [-0.15, -0.1) is 11.3 Å². The van der Waals surface area contributed by atoms with Crippen molar-refractivity contribution in [2.45, 2.75) is 31.7 Å². The standard InChI is InChI=1S/C14H16N4O2S/c15-12(19)11-8-4-1-2-5-9(8)16-14(17-11)18-13(20)10-6-3-7-21-10/h3,6-7,9H,1-2,4-5H2,(H2,15,19)(H2,16,17,18,20). The third-order valence-corrected chi connectivity index (χ3v) is 4.52. The van der Waals surface area contributed by atoms with Crippen LogP contribution in [0.25, 0.3) is 0 Å². The second kappa shape index (κ2) is 5.69. The van der Waals surface area contributed by atoms with Crippen molar-refractivity contribution >= 4 is 29.1 Å². The van der Waals surface area contributed by atoms with Crippen LogP contribution in [-0.2, 0) is 4.79 Å². The lowest BCUT2D eigenvalue weighted by molar-refractivity contribution is -0.114. The number of nitrogens with zero attached hydrogens (tertiary/aromatic N) is 1. The van der Waals surface area contributed by atoms with Crippen LogP contribution in [0.5, 0.6) is 0 Å². The molecule has 2 amide bonds. The second-order valence-electron chi connectivity index (χ2n) is 5.06. The molecule has 1 aromatic rings. The largest absolute Gasteiger partial charge is 0.364 e. The Hall–Kier alpha value is -2.15. The third-order valence-electron chi connectivity index (χ3n) is 3.65. The van der Waals surface area contributed by atoms with Crippen molar-refractivity contribution in [3.8, 4) is 0 Å². The van der Waals surface area contributed by atoms with Crippen LogP contribution in [0.2, 0.25) is 0 Å². The molecule has 2 heterocycles. The van der Waals surface area contributed by atoms with Crippen LogP contribution in [0.1, 0.15) is 35.4 Å². The van der Waals surface area contributed by atoms with Gasteiger partial charge in [0.05, 0.1) is 10.9 Å². The lowest BCUT2D eigenvalue weighted by Crippen LogP contribution is -2.47. The van der Waals surface area contributed by atoms with E-state index < -0.39 is 5.91 Å². The molecule has 6 nitrogen and oxygen atoms in total. The van der Waals surface area contributed by atoms with Gasteiger partial charge in [-0.2, -0.15) is 0 Å². The summed E-state index contributed by atoms with van der Waals surface area (Å²) in [7, 11) is 0. The van der Waals surface area contributed by atoms with Crippen molar-refractivity contribution in [3.63, 3.8) is 0 Å². The zero-order chi connectivity index (χ0) is 14.8. The van der Waals surface area contributed by atoms with E-state index in [0.717, 1.165) is 31.3 Å². The van der Waals surface area contributed by atoms with Gasteiger partial charge in [0.25, 0.3) is 11.8 Å². The minimum absolute atomic E-state index is 0.0545. The lowest BCUT2D eigenvalue weighted by atomic mass is 9.88. The number of thiophene rings is 1. The van der Waals surface area contributed by atoms with E-state index in [1.54, 1.807) is 6.07 Å². The molecule has 0 aromatic carbocycles. The Morgan fingerprint density at radius 2 is 2.29 bits per heavy atom. The molecule has 1 saturated carbocycles. The number of primary amides is 1. The fourth-order valence-corrected chi connectivity index (χ4v) is 3.29. The van der Waals surface area contributed by atoms with E-state index in [-0.39, 0.29) is 11.9 Å². The van der Waals surface area contributed by atoms with Gasteiger partial charge >= 0.3 is 0 Å². The highest BCUT2D eigenvalue weighted by Gasteiger charge is 2.29. The summed E-state index contributed by atoms with van der Waals surface area (Å²) >= 11 is 1.35. The Labute approximate surface area is 126 Å². The highest BCUT2D eigenvalue weighted by molar-refractivity contribution is 7.12. The molecule has 2 aliphatic rings. The Morgan fingerprint density at radius 3 is 3.00 bits per heavy atom. The maximum atomic E-state index is 12.1. The predicted molar refractivity (Wildman–Crippen MR) is 80.8 cm³/mol. The molecule has 4 N–H and O–H groups in total. The summed E-state index contributed by atoms with van der Waals surface area (Å²) in [5, 5.41) is 7.41. The van der Waals surface area contributed by atoms with Crippen molar-refractivity contribution in [1.29, 1.82) is 0 Å². The van der Waals surface area contributed by atoms with Crippen LogP contribution in [0.15, 0.2) is 33.8 Å². The number of aliphatic imine (C=N–C) groups is 1. The molecule has 1 unspecified atom stereocenters. The average Bonchev–Trinajstić information content (AvgIpc) is 3.00. The smallest absolute Gasteiger partial charge is 0.268 e. The summed E-state index contributed by atoms with van der Waals surface area (Å²) in [6.07, 6.45) is 3.81. The van der Waals surface area contributed by atoms with Gasteiger partial charge < -0.3 is 11.1 Å². The summed E-state index contributed by atoms with van der Waals surface area (Å²) in [5.74, 6) is -0.438. The van der Waals surface area contributed by atoms with E-state index in [1.165, 1.54) is 11.3 Å². The molecule has 3 rings (SSSR count). The SMILES string of the molecule is NC(=O)C1=C2CCCCC2N=C(NC(=O)c2cccs2)N1. The van der Waals surface area contributed by atoms with Crippen molar-refractivity contribution in [2.24, 2.45) is 10.7 Å². The summed E-state index contributed by atoms with van der Waals surface area (Å²) in [5.41, 5.74) is 6.78. The Bertz CT molecular complexity index is 633. The third kappa shape index (κ3) is 2.82. The highest BCUT2D eigenvalue weighted by atomic mass is 32.1. The number of fused-ring (bicyclic) bond motifs is 1. The molecule has 110 valence electrons. The first-order valence-corrected chi connectivity index (χ1v) is 7.75. The molecule has 1 fully saturated rings. The van der Waals surface area contributed by atoms with Crippen LogP contribution in [0.3, 0.4) is 0 Å². The molecular formula is C14H16N4O2S. The molecule has 0 spiro atoms. The van der Waals surface area contributed by atoms with Gasteiger partial charge in [-0.25, -0.2) is 4.99 Å². The molecule has 1 aromatic heterocycles. The van der Waals surface area contributed by atoms with E-state index in [2.05, 4.69) is 15.6 Å². The number of nitrogens with two attached hydrogens (primary N) is 1. The number of carbonyl (C=O) groups excluding carboxylic acids is 2. The monoisotopic (exact) mass is 304 g/mol. The van der Waals surface area contributed by atoms with Gasteiger partial charge in [0, 0.05) is 0 Å². The van der Waals surface area contributed by atoms with Gasteiger partial charge in [0.1, 0.15) is 5.70 Å². The molecule has 21 heavy (non-hydrogen) atoms. The highest BCUT2D eigenvalue weighted by Crippen LogP contribution is 2.30. The second-order valence-corrected chi connectivity index (χ2v) is 6.01. The predicted octanol–water partition coefficient (Wildman–Crippen LogP) is 1.12. The van der Waals surface area contributed by atoms with E-state index in [1.807, 2.05) is 11.4 Å². The molecular weight excluding hydrogens is 288 g/mol. The van der Waals surface area contributed by atoms with E-state index >= 15 is 0 Å². The van der Waals surface area contributed by atoms with Gasteiger partial charge in [-0.3, -0.25) is 14.9 Å². The average molecular weight is 304 g/mol. The number of amides is 2. The summed E-state index contributed by atoms with van der Waals surface area (Å²) in [6.45, 7) is 0. The van der Waals surface area contributed by atoms with Crippen LogP contribution >= 0.6 is 11.3 Å². The van der Waals surface area contributed by atoms with Crippen LogP contribution in [0, 0.1) is 0 Å². The topological polar surface area (TPSA) is 96.6 Å². The summed E-state index contributed by atoms with van der Waals surface area (Å²) < 4.78 is 0. The number of guanidine groups is 1. The van der Waals surface area contributed by atoms with E-state index in [4.69, 9.17) is 5.73 Å². The van der Waals surface area contributed by atoms with Crippen molar-refractivity contribution in [1.82, 2.24) is 10.6 Å². The van der Waals surface area contributed by atoms with Crippen LogP contribution < -0.4 is 16.4 Å². The maximum absolute atomic E-state index is 12.1.